The molecule has 106 valence electrons. The number of nitrogens with one attached hydrogen (secondary N) is 3. The maximum Gasteiger partial charge on any atom is 0.321 e. The van der Waals surface area contributed by atoms with Crippen LogP contribution in [-0.4, -0.2) is 42.1 Å². The number of urea groups is 1. The molecule has 0 rings (SSSR count). The monoisotopic (exact) mass is 275 g/mol. The number of carbonyl (C=O) groups is 2. The predicted octanol–water partition coefficient (Wildman–Crippen LogP) is 1.34. The van der Waals surface area contributed by atoms with E-state index in [-0.39, 0.29) is 18.0 Å². The van der Waals surface area contributed by atoms with Crippen molar-refractivity contribution in [3.05, 3.63) is 0 Å². The van der Waals surface area contributed by atoms with Gasteiger partial charge in [0.1, 0.15) is 0 Å². The summed E-state index contributed by atoms with van der Waals surface area (Å²) >= 11 is 1.88. The Hall–Kier alpha value is -0.750. The molecule has 0 aromatic carbocycles. The normalized spacial score (nSPS) is 13.8. The number of imide groups is 1. The number of amides is 3. The van der Waals surface area contributed by atoms with Crippen LogP contribution in [0.3, 0.4) is 0 Å². The molecule has 0 aromatic rings. The van der Waals surface area contributed by atoms with Gasteiger partial charge in [0.15, 0.2) is 0 Å². The minimum absolute atomic E-state index is 0.263. The van der Waals surface area contributed by atoms with E-state index in [1.165, 1.54) is 0 Å². The van der Waals surface area contributed by atoms with E-state index in [1.54, 1.807) is 13.8 Å². The molecule has 5 nitrogen and oxygen atoms in total. The van der Waals surface area contributed by atoms with Crippen LogP contribution in [0.1, 0.15) is 34.1 Å². The van der Waals surface area contributed by atoms with Crippen LogP contribution in [0.5, 0.6) is 0 Å². The lowest BCUT2D eigenvalue weighted by Gasteiger charge is -2.19. The second kappa shape index (κ2) is 10.2. The van der Waals surface area contributed by atoms with Crippen molar-refractivity contribution in [1.29, 1.82) is 0 Å². The van der Waals surface area contributed by atoms with Crippen LogP contribution in [0.15, 0.2) is 0 Å². The minimum Gasteiger partial charge on any atom is -0.338 e. The molecule has 0 aliphatic heterocycles. The summed E-state index contributed by atoms with van der Waals surface area (Å²) < 4.78 is 0. The Morgan fingerprint density at radius 2 is 1.89 bits per heavy atom. The van der Waals surface area contributed by atoms with Crippen molar-refractivity contribution in [3.63, 3.8) is 0 Å². The Balaban J connectivity index is 3.88. The highest BCUT2D eigenvalue weighted by molar-refractivity contribution is 7.99. The fourth-order valence-electron chi connectivity index (χ4n) is 1.42. The summed E-state index contributed by atoms with van der Waals surface area (Å²) in [5.74, 6) is 1.89. The molecule has 2 atom stereocenters. The Bertz CT molecular complexity index is 262. The molecule has 6 heteroatoms. The first-order valence-corrected chi connectivity index (χ1v) is 7.59. The van der Waals surface area contributed by atoms with Crippen molar-refractivity contribution < 1.29 is 9.59 Å². The highest BCUT2D eigenvalue weighted by Crippen LogP contribution is 2.04. The van der Waals surface area contributed by atoms with E-state index in [0.29, 0.717) is 6.54 Å². The molecule has 0 aromatic heterocycles. The molecule has 3 N–H and O–H groups in total. The summed E-state index contributed by atoms with van der Waals surface area (Å²) in [6, 6.07) is -0.543. The molecule has 0 aliphatic carbocycles. The third-order valence-electron chi connectivity index (χ3n) is 2.40. The van der Waals surface area contributed by atoms with Crippen LogP contribution in [0.4, 0.5) is 4.79 Å². The molecule has 0 aliphatic rings. The van der Waals surface area contributed by atoms with Gasteiger partial charge in [-0.05, 0) is 38.7 Å². The SMILES string of the molecule is CCNC(=O)NC(=O)C(C)NC(C)CCSCC. The highest BCUT2D eigenvalue weighted by Gasteiger charge is 2.16. The third-order valence-corrected chi connectivity index (χ3v) is 3.33. The summed E-state index contributed by atoms with van der Waals surface area (Å²) in [6.45, 7) is 8.25. The Kier molecular flexibility index (Phi) is 9.77. The fraction of sp³-hybridized carbons (Fsp3) is 0.833. The zero-order valence-corrected chi connectivity index (χ0v) is 12.5. The molecule has 2 unspecified atom stereocenters. The maximum absolute atomic E-state index is 11.7. The average Bonchev–Trinajstić information content (AvgIpc) is 2.29. The van der Waals surface area contributed by atoms with Crippen molar-refractivity contribution in [2.75, 3.05) is 18.1 Å². The van der Waals surface area contributed by atoms with E-state index in [2.05, 4.69) is 22.9 Å². The molecule has 0 radical (unpaired) electrons. The lowest BCUT2D eigenvalue weighted by Crippen LogP contribution is -2.50. The molecule has 0 saturated carbocycles. The molecule has 0 spiro atoms. The number of hydrogen-bond acceptors (Lipinski definition) is 4. The van der Waals surface area contributed by atoms with E-state index >= 15 is 0 Å². The summed E-state index contributed by atoms with van der Waals surface area (Å²) in [5, 5.41) is 8.00. The lowest BCUT2D eigenvalue weighted by atomic mass is 10.2. The molecule has 0 saturated heterocycles. The van der Waals surface area contributed by atoms with Crippen LogP contribution < -0.4 is 16.0 Å². The van der Waals surface area contributed by atoms with Gasteiger partial charge < -0.3 is 10.6 Å². The first-order chi connectivity index (χ1) is 8.51. The summed E-state index contributed by atoms with van der Waals surface area (Å²) in [4.78, 5) is 22.8. The Morgan fingerprint density at radius 1 is 1.22 bits per heavy atom. The van der Waals surface area contributed by atoms with Crippen molar-refractivity contribution in [1.82, 2.24) is 16.0 Å². The minimum atomic E-state index is -0.439. The summed E-state index contributed by atoms with van der Waals surface area (Å²) in [6.07, 6.45) is 1.01. The van der Waals surface area contributed by atoms with Crippen LogP contribution in [0, 0.1) is 0 Å². The lowest BCUT2D eigenvalue weighted by molar-refractivity contribution is -0.121. The van der Waals surface area contributed by atoms with Gasteiger partial charge in [0.25, 0.3) is 0 Å². The smallest absolute Gasteiger partial charge is 0.321 e. The number of thioether (sulfide) groups is 1. The van der Waals surface area contributed by atoms with Gasteiger partial charge in [-0.1, -0.05) is 6.92 Å². The van der Waals surface area contributed by atoms with Crippen LogP contribution in [0.2, 0.25) is 0 Å². The molecule has 3 amide bonds. The number of hydrogen-bond donors (Lipinski definition) is 3. The van der Waals surface area contributed by atoms with Gasteiger partial charge in [-0.15, -0.1) is 0 Å². The van der Waals surface area contributed by atoms with Gasteiger partial charge in [0.05, 0.1) is 6.04 Å². The van der Waals surface area contributed by atoms with E-state index in [0.717, 1.165) is 17.9 Å². The predicted molar refractivity (Wildman–Crippen MR) is 76.9 cm³/mol. The standard InChI is InChI=1S/C12H25N3O2S/c1-5-13-12(17)15-11(16)10(4)14-9(3)7-8-18-6-2/h9-10,14H,5-8H2,1-4H3,(H2,13,15,16,17). The van der Waals surface area contributed by atoms with E-state index < -0.39 is 6.03 Å². The average molecular weight is 275 g/mol. The molecular formula is C12H25N3O2S. The maximum atomic E-state index is 11.7. The topological polar surface area (TPSA) is 70.2 Å². The first kappa shape index (κ1) is 17.2. The molecule has 18 heavy (non-hydrogen) atoms. The summed E-state index contributed by atoms with van der Waals surface area (Å²) in [5.41, 5.74) is 0. The quantitative estimate of drug-likeness (QED) is 0.585. The molecule has 0 bridgehead atoms. The largest absolute Gasteiger partial charge is 0.338 e. The van der Waals surface area contributed by atoms with Crippen molar-refractivity contribution in [3.8, 4) is 0 Å². The van der Waals surface area contributed by atoms with Gasteiger partial charge in [0, 0.05) is 12.6 Å². The fourth-order valence-corrected chi connectivity index (χ4v) is 2.22. The summed E-state index contributed by atoms with van der Waals surface area (Å²) in [7, 11) is 0. The van der Waals surface area contributed by atoms with E-state index in [1.807, 2.05) is 18.7 Å². The van der Waals surface area contributed by atoms with Crippen molar-refractivity contribution in [2.24, 2.45) is 0 Å². The second-order valence-corrected chi connectivity index (χ2v) is 5.52. The molecule has 0 heterocycles. The van der Waals surface area contributed by atoms with Gasteiger partial charge in [0.2, 0.25) is 5.91 Å². The van der Waals surface area contributed by atoms with Crippen LogP contribution >= 0.6 is 11.8 Å². The van der Waals surface area contributed by atoms with Crippen molar-refractivity contribution in [2.45, 2.75) is 46.2 Å². The zero-order valence-electron chi connectivity index (χ0n) is 11.7. The van der Waals surface area contributed by atoms with Gasteiger partial charge in [-0.3, -0.25) is 10.1 Å². The number of carbonyl (C=O) groups excluding carboxylic acids is 2. The third kappa shape index (κ3) is 8.36. The van der Waals surface area contributed by atoms with Gasteiger partial charge >= 0.3 is 6.03 Å². The Morgan fingerprint density at radius 3 is 2.44 bits per heavy atom. The first-order valence-electron chi connectivity index (χ1n) is 6.43. The Labute approximate surface area is 114 Å². The zero-order chi connectivity index (χ0) is 14.0. The van der Waals surface area contributed by atoms with Crippen LogP contribution in [-0.2, 0) is 4.79 Å². The molecular weight excluding hydrogens is 250 g/mol. The van der Waals surface area contributed by atoms with Gasteiger partial charge in [-0.25, -0.2) is 4.79 Å². The van der Waals surface area contributed by atoms with Crippen LogP contribution in [0.25, 0.3) is 0 Å². The molecule has 0 fully saturated rings. The van der Waals surface area contributed by atoms with Gasteiger partial charge in [-0.2, -0.15) is 11.8 Å². The van der Waals surface area contributed by atoms with E-state index in [9.17, 15) is 9.59 Å². The number of rotatable bonds is 8. The van der Waals surface area contributed by atoms with Crippen molar-refractivity contribution >= 4 is 23.7 Å². The van der Waals surface area contributed by atoms with E-state index in [4.69, 9.17) is 0 Å². The second-order valence-electron chi connectivity index (χ2n) is 4.12. The highest BCUT2D eigenvalue weighted by atomic mass is 32.2.